The largest absolute Gasteiger partial charge is 0.474 e. The molecule has 1 aromatic rings. The van der Waals surface area contributed by atoms with Gasteiger partial charge in [-0.1, -0.05) is 0 Å². The highest BCUT2D eigenvalue weighted by atomic mass is 19.1. The first-order chi connectivity index (χ1) is 6.84. The molecule has 0 amide bonds. The van der Waals surface area contributed by atoms with Crippen molar-refractivity contribution in [1.82, 2.24) is 10.3 Å². The lowest BCUT2D eigenvalue weighted by Gasteiger charge is -2.23. The fourth-order valence-electron chi connectivity index (χ4n) is 1.52. The van der Waals surface area contributed by atoms with Gasteiger partial charge in [-0.05, 0) is 32.0 Å². The van der Waals surface area contributed by atoms with Crippen molar-refractivity contribution in [2.24, 2.45) is 0 Å². The number of pyridine rings is 1. The molecule has 0 spiro atoms. The lowest BCUT2D eigenvalue weighted by Crippen LogP contribution is -2.34. The lowest BCUT2D eigenvalue weighted by atomic mass is 10.1. The van der Waals surface area contributed by atoms with E-state index in [0.29, 0.717) is 5.88 Å². The Balaban J connectivity index is 1.92. The molecule has 0 atom stereocenters. The van der Waals surface area contributed by atoms with E-state index in [0.717, 1.165) is 25.9 Å². The highest BCUT2D eigenvalue weighted by Crippen LogP contribution is 2.13. The molecule has 14 heavy (non-hydrogen) atoms. The minimum atomic E-state index is -0.331. The van der Waals surface area contributed by atoms with E-state index in [1.54, 1.807) is 6.07 Å². The summed E-state index contributed by atoms with van der Waals surface area (Å²) < 4.78 is 18.1. The van der Waals surface area contributed by atoms with Gasteiger partial charge in [-0.25, -0.2) is 9.37 Å². The Bertz CT molecular complexity index is 283. The second-order valence-electron chi connectivity index (χ2n) is 3.38. The molecule has 2 rings (SSSR count). The zero-order valence-electron chi connectivity index (χ0n) is 7.87. The van der Waals surface area contributed by atoms with E-state index in [1.807, 2.05) is 0 Å². The van der Waals surface area contributed by atoms with E-state index >= 15 is 0 Å². The Morgan fingerprint density at radius 1 is 1.36 bits per heavy atom. The molecule has 1 saturated heterocycles. The summed E-state index contributed by atoms with van der Waals surface area (Å²) in [7, 11) is 0. The van der Waals surface area contributed by atoms with Crippen LogP contribution in [0.5, 0.6) is 5.88 Å². The van der Waals surface area contributed by atoms with Crippen molar-refractivity contribution >= 4 is 0 Å². The number of aromatic nitrogens is 1. The monoisotopic (exact) mass is 196 g/mol. The summed E-state index contributed by atoms with van der Waals surface area (Å²) in [6.45, 7) is 1.96. The van der Waals surface area contributed by atoms with Crippen molar-refractivity contribution in [2.75, 3.05) is 13.1 Å². The topological polar surface area (TPSA) is 34.1 Å². The third kappa shape index (κ3) is 2.42. The van der Waals surface area contributed by atoms with Crippen molar-refractivity contribution in [3.05, 3.63) is 24.1 Å². The summed E-state index contributed by atoms with van der Waals surface area (Å²) in [6, 6.07) is 2.93. The molecule has 0 saturated carbocycles. The smallest absolute Gasteiger partial charge is 0.213 e. The lowest BCUT2D eigenvalue weighted by molar-refractivity contribution is 0.155. The van der Waals surface area contributed by atoms with Crippen LogP contribution in [-0.4, -0.2) is 24.2 Å². The van der Waals surface area contributed by atoms with Crippen LogP contribution in [0.15, 0.2) is 18.3 Å². The van der Waals surface area contributed by atoms with Crippen molar-refractivity contribution in [1.29, 1.82) is 0 Å². The van der Waals surface area contributed by atoms with E-state index in [1.165, 1.54) is 12.3 Å². The number of rotatable bonds is 2. The van der Waals surface area contributed by atoms with E-state index in [-0.39, 0.29) is 11.9 Å². The molecule has 1 fully saturated rings. The Hall–Kier alpha value is -1.16. The predicted octanol–water partition coefficient (Wildman–Crippen LogP) is 1.35. The number of halogens is 1. The number of hydrogen-bond donors (Lipinski definition) is 1. The molecular weight excluding hydrogens is 183 g/mol. The summed E-state index contributed by atoms with van der Waals surface area (Å²) in [5.41, 5.74) is 0. The molecule has 0 aliphatic carbocycles. The Morgan fingerprint density at radius 2 is 2.14 bits per heavy atom. The van der Waals surface area contributed by atoms with Crippen LogP contribution in [0.1, 0.15) is 12.8 Å². The first kappa shape index (κ1) is 9.40. The fourth-order valence-corrected chi connectivity index (χ4v) is 1.52. The van der Waals surface area contributed by atoms with Crippen molar-refractivity contribution in [3.63, 3.8) is 0 Å². The minimum absolute atomic E-state index is 0.217. The first-order valence-electron chi connectivity index (χ1n) is 4.83. The summed E-state index contributed by atoms with van der Waals surface area (Å²) in [6.07, 6.45) is 3.36. The second-order valence-corrected chi connectivity index (χ2v) is 3.38. The molecule has 0 unspecified atom stereocenters. The Kier molecular flexibility index (Phi) is 2.93. The third-order valence-corrected chi connectivity index (χ3v) is 2.27. The number of nitrogens with one attached hydrogen (secondary N) is 1. The average Bonchev–Trinajstić information content (AvgIpc) is 2.23. The molecule has 76 valence electrons. The summed E-state index contributed by atoms with van der Waals surface area (Å²) in [4.78, 5) is 3.85. The van der Waals surface area contributed by atoms with E-state index in [2.05, 4.69) is 10.3 Å². The molecule has 1 N–H and O–H groups in total. The Morgan fingerprint density at radius 3 is 2.79 bits per heavy atom. The van der Waals surface area contributed by atoms with Crippen molar-refractivity contribution in [2.45, 2.75) is 18.9 Å². The number of ether oxygens (including phenoxy) is 1. The van der Waals surface area contributed by atoms with Crippen LogP contribution in [0.3, 0.4) is 0 Å². The molecule has 0 bridgehead atoms. The quantitative estimate of drug-likeness (QED) is 0.775. The molecule has 1 aliphatic heterocycles. The van der Waals surface area contributed by atoms with Gasteiger partial charge in [-0.15, -0.1) is 0 Å². The van der Waals surface area contributed by atoms with Gasteiger partial charge in [-0.2, -0.15) is 0 Å². The molecular formula is C10H13FN2O. The number of hydrogen-bond acceptors (Lipinski definition) is 3. The highest BCUT2D eigenvalue weighted by molar-refractivity contribution is 5.11. The molecule has 3 nitrogen and oxygen atoms in total. The van der Waals surface area contributed by atoms with Gasteiger partial charge in [0.1, 0.15) is 11.9 Å². The van der Waals surface area contributed by atoms with Crippen LogP contribution in [0.25, 0.3) is 0 Å². The second kappa shape index (κ2) is 4.37. The van der Waals surface area contributed by atoms with Gasteiger partial charge in [-0.3, -0.25) is 0 Å². The molecule has 4 heteroatoms. The van der Waals surface area contributed by atoms with Crippen molar-refractivity contribution in [3.8, 4) is 5.88 Å². The van der Waals surface area contributed by atoms with Crippen LogP contribution in [-0.2, 0) is 0 Å². The third-order valence-electron chi connectivity index (χ3n) is 2.27. The number of nitrogens with zero attached hydrogens (tertiary/aromatic N) is 1. The van der Waals surface area contributed by atoms with Gasteiger partial charge in [0.25, 0.3) is 0 Å². The maximum atomic E-state index is 12.5. The first-order valence-corrected chi connectivity index (χ1v) is 4.83. The maximum absolute atomic E-state index is 12.5. The van der Waals surface area contributed by atoms with Gasteiger partial charge < -0.3 is 10.1 Å². The van der Waals surface area contributed by atoms with Gasteiger partial charge >= 0.3 is 0 Å². The van der Waals surface area contributed by atoms with Crippen LogP contribution in [0.4, 0.5) is 4.39 Å². The summed E-state index contributed by atoms with van der Waals surface area (Å²) in [5, 5.41) is 3.25. The molecule has 0 aromatic carbocycles. The van der Waals surface area contributed by atoms with Gasteiger partial charge in [0.2, 0.25) is 5.88 Å². The van der Waals surface area contributed by atoms with Crippen LogP contribution >= 0.6 is 0 Å². The zero-order valence-corrected chi connectivity index (χ0v) is 7.87. The number of piperidine rings is 1. The molecule has 0 radical (unpaired) electrons. The summed E-state index contributed by atoms with van der Waals surface area (Å²) >= 11 is 0. The normalized spacial score (nSPS) is 18.1. The predicted molar refractivity (Wildman–Crippen MR) is 50.7 cm³/mol. The zero-order chi connectivity index (χ0) is 9.80. The van der Waals surface area contributed by atoms with Gasteiger partial charge in [0.05, 0.1) is 6.20 Å². The van der Waals surface area contributed by atoms with Crippen LogP contribution < -0.4 is 10.1 Å². The maximum Gasteiger partial charge on any atom is 0.213 e. The van der Waals surface area contributed by atoms with Gasteiger partial charge in [0, 0.05) is 6.07 Å². The molecule has 2 heterocycles. The molecule has 1 aromatic heterocycles. The SMILES string of the molecule is Fc1ccc(OC2CCNCC2)nc1. The van der Waals surface area contributed by atoms with E-state index in [4.69, 9.17) is 4.74 Å². The van der Waals surface area contributed by atoms with Crippen molar-refractivity contribution < 1.29 is 9.13 Å². The highest BCUT2D eigenvalue weighted by Gasteiger charge is 2.14. The average molecular weight is 196 g/mol. The van der Waals surface area contributed by atoms with Crippen LogP contribution in [0, 0.1) is 5.82 Å². The van der Waals surface area contributed by atoms with E-state index < -0.39 is 0 Å². The van der Waals surface area contributed by atoms with Crippen LogP contribution in [0.2, 0.25) is 0 Å². The summed E-state index contributed by atoms with van der Waals surface area (Å²) in [5.74, 6) is 0.181. The minimum Gasteiger partial charge on any atom is -0.474 e. The van der Waals surface area contributed by atoms with Gasteiger partial charge in [0.15, 0.2) is 0 Å². The van der Waals surface area contributed by atoms with E-state index in [9.17, 15) is 4.39 Å². The fraction of sp³-hybridized carbons (Fsp3) is 0.500. The standard InChI is InChI=1S/C10H13FN2O/c11-8-1-2-10(13-7-8)14-9-3-5-12-6-4-9/h1-2,7,9,12H,3-6H2. The molecule has 1 aliphatic rings. The Labute approximate surface area is 82.3 Å².